The second-order valence-corrected chi connectivity index (χ2v) is 5.32. The predicted molar refractivity (Wildman–Crippen MR) is 63.6 cm³/mol. The van der Waals surface area contributed by atoms with Crippen molar-refractivity contribution in [1.29, 1.82) is 0 Å². The molecule has 3 nitrogen and oxygen atoms in total. The van der Waals surface area contributed by atoms with Gasteiger partial charge in [0, 0.05) is 0 Å². The van der Waals surface area contributed by atoms with Gasteiger partial charge in [0.1, 0.15) is 11.5 Å². The number of halogens is 1. The van der Waals surface area contributed by atoms with E-state index in [1.807, 2.05) is 13.8 Å². The van der Waals surface area contributed by atoms with Crippen LogP contribution in [-0.4, -0.2) is 22.0 Å². The quantitative estimate of drug-likeness (QED) is 0.737. The lowest BCUT2D eigenvalue weighted by Gasteiger charge is -2.31. The normalized spacial score (nSPS) is 22.6. The maximum absolute atomic E-state index is 12.9. The summed E-state index contributed by atoms with van der Waals surface area (Å²) in [6.07, 6.45) is 0. The van der Waals surface area contributed by atoms with Crippen molar-refractivity contribution >= 4 is 5.71 Å². The Kier molecular flexibility index (Phi) is 2.60. The molecule has 1 aliphatic rings. The van der Waals surface area contributed by atoms with Gasteiger partial charge in [-0.05, 0) is 45.4 Å². The smallest absolute Gasteiger partial charge is 0.134 e. The largest absolute Gasteiger partial charge is 0.263 e. The SMILES string of the molecule is CC1(C)N=C(c2ccc(F)cc2)C(C)(C)N1[O]. The molecule has 0 bridgehead atoms. The van der Waals surface area contributed by atoms with E-state index in [9.17, 15) is 9.60 Å². The molecule has 2 rings (SSSR count). The molecule has 0 aliphatic carbocycles. The van der Waals surface area contributed by atoms with E-state index >= 15 is 0 Å². The van der Waals surface area contributed by atoms with Crippen LogP contribution in [0.5, 0.6) is 0 Å². The second-order valence-electron chi connectivity index (χ2n) is 5.32. The Bertz CT molecular complexity index is 463. The van der Waals surface area contributed by atoms with Crippen molar-refractivity contribution in [1.82, 2.24) is 5.06 Å². The lowest BCUT2D eigenvalue weighted by Crippen LogP contribution is -2.49. The van der Waals surface area contributed by atoms with Crippen LogP contribution >= 0.6 is 0 Å². The van der Waals surface area contributed by atoms with Gasteiger partial charge in [-0.25, -0.2) is 4.39 Å². The molecule has 0 atom stereocenters. The summed E-state index contributed by atoms with van der Waals surface area (Å²) in [6.45, 7) is 7.21. The van der Waals surface area contributed by atoms with Crippen molar-refractivity contribution in [3.63, 3.8) is 0 Å². The monoisotopic (exact) mass is 235 g/mol. The molecule has 0 amide bonds. The van der Waals surface area contributed by atoms with Crippen LogP contribution in [0, 0.1) is 5.82 Å². The molecular formula is C13H16FN2O. The van der Waals surface area contributed by atoms with Crippen LogP contribution < -0.4 is 0 Å². The average Bonchev–Trinajstić information content (AvgIpc) is 2.40. The third kappa shape index (κ3) is 1.87. The average molecular weight is 235 g/mol. The van der Waals surface area contributed by atoms with Gasteiger partial charge < -0.3 is 0 Å². The molecule has 0 spiro atoms. The molecule has 0 saturated carbocycles. The highest BCUT2D eigenvalue weighted by atomic mass is 19.1. The summed E-state index contributed by atoms with van der Waals surface area (Å²) in [5.41, 5.74) is 0.0366. The van der Waals surface area contributed by atoms with Gasteiger partial charge in [-0.2, -0.15) is 0 Å². The van der Waals surface area contributed by atoms with Crippen molar-refractivity contribution in [2.24, 2.45) is 4.99 Å². The molecule has 1 aliphatic heterocycles. The number of rotatable bonds is 1. The molecule has 1 heterocycles. The fourth-order valence-electron chi connectivity index (χ4n) is 2.26. The molecule has 1 radical (unpaired) electrons. The Morgan fingerprint density at radius 1 is 1.12 bits per heavy atom. The van der Waals surface area contributed by atoms with E-state index < -0.39 is 11.2 Å². The van der Waals surface area contributed by atoms with Gasteiger partial charge in [-0.15, -0.1) is 10.3 Å². The van der Waals surface area contributed by atoms with Crippen molar-refractivity contribution in [3.05, 3.63) is 35.6 Å². The Balaban J connectivity index is 2.49. The molecule has 0 fully saturated rings. The summed E-state index contributed by atoms with van der Waals surface area (Å²) in [6, 6.07) is 6.08. The third-order valence-electron chi connectivity index (χ3n) is 3.09. The van der Waals surface area contributed by atoms with E-state index in [4.69, 9.17) is 0 Å². The Morgan fingerprint density at radius 2 is 1.65 bits per heavy atom. The van der Waals surface area contributed by atoms with Gasteiger partial charge in [-0.1, -0.05) is 12.1 Å². The first-order valence-electron chi connectivity index (χ1n) is 5.59. The summed E-state index contributed by atoms with van der Waals surface area (Å²) in [4.78, 5) is 4.46. The van der Waals surface area contributed by atoms with Crippen LogP contribution in [0.15, 0.2) is 29.3 Å². The molecule has 1 aromatic carbocycles. The molecule has 91 valence electrons. The summed E-state index contributed by atoms with van der Waals surface area (Å²) < 4.78 is 12.9. The highest BCUT2D eigenvalue weighted by molar-refractivity contribution is 6.08. The maximum Gasteiger partial charge on any atom is 0.134 e. The predicted octanol–water partition coefficient (Wildman–Crippen LogP) is 2.79. The van der Waals surface area contributed by atoms with Gasteiger partial charge in [0.15, 0.2) is 0 Å². The Labute approximate surface area is 101 Å². The summed E-state index contributed by atoms with van der Waals surface area (Å²) >= 11 is 0. The van der Waals surface area contributed by atoms with E-state index in [1.54, 1.807) is 26.0 Å². The fourth-order valence-corrected chi connectivity index (χ4v) is 2.26. The number of benzene rings is 1. The van der Waals surface area contributed by atoms with Crippen molar-refractivity contribution in [2.45, 2.75) is 38.9 Å². The number of nitrogens with zero attached hydrogens (tertiary/aromatic N) is 2. The van der Waals surface area contributed by atoms with Gasteiger partial charge >= 0.3 is 0 Å². The lowest BCUT2D eigenvalue weighted by atomic mass is 9.93. The van der Waals surface area contributed by atoms with Gasteiger partial charge in [0.2, 0.25) is 0 Å². The van der Waals surface area contributed by atoms with E-state index in [0.29, 0.717) is 5.71 Å². The van der Waals surface area contributed by atoms with Crippen LogP contribution in [-0.2, 0) is 5.21 Å². The first-order chi connectivity index (χ1) is 7.75. The van der Waals surface area contributed by atoms with Crippen LogP contribution in [0.1, 0.15) is 33.3 Å². The van der Waals surface area contributed by atoms with Crippen LogP contribution in [0.25, 0.3) is 0 Å². The molecule has 1 aromatic rings. The van der Waals surface area contributed by atoms with Crippen LogP contribution in [0.2, 0.25) is 0 Å². The molecule has 0 N–H and O–H groups in total. The Hall–Kier alpha value is -1.26. The van der Waals surface area contributed by atoms with E-state index in [2.05, 4.69) is 4.99 Å². The number of hydrogen-bond donors (Lipinski definition) is 0. The van der Waals surface area contributed by atoms with Gasteiger partial charge in [0.05, 0.1) is 11.3 Å². The molecule has 17 heavy (non-hydrogen) atoms. The van der Waals surface area contributed by atoms with Crippen LogP contribution in [0.4, 0.5) is 4.39 Å². The van der Waals surface area contributed by atoms with E-state index in [0.717, 1.165) is 10.6 Å². The molecule has 4 heteroatoms. The van der Waals surface area contributed by atoms with E-state index in [1.165, 1.54) is 12.1 Å². The number of hydroxylamine groups is 2. The zero-order valence-electron chi connectivity index (χ0n) is 10.5. The van der Waals surface area contributed by atoms with Crippen LogP contribution in [0.3, 0.4) is 0 Å². The fraction of sp³-hybridized carbons (Fsp3) is 0.462. The highest BCUT2D eigenvalue weighted by Crippen LogP contribution is 2.35. The number of hydrogen-bond acceptors (Lipinski definition) is 2. The third-order valence-corrected chi connectivity index (χ3v) is 3.09. The summed E-state index contributed by atoms with van der Waals surface area (Å²) in [5.74, 6) is -0.289. The Morgan fingerprint density at radius 3 is 2.06 bits per heavy atom. The minimum absolute atomic E-state index is 0.289. The zero-order valence-corrected chi connectivity index (χ0v) is 10.5. The minimum atomic E-state index is -0.771. The zero-order chi connectivity index (χ0) is 12.8. The van der Waals surface area contributed by atoms with Crippen molar-refractivity contribution < 1.29 is 9.60 Å². The molecular weight excluding hydrogens is 219 g/mol. The van der Waals surface area contributed by atoms with Gasteiger partial charge in [0.25, 0.3) is 0 Å². The minimum Gasteiger partial charge on any atom is -0.263 e. The molecule has 0 unspecified atom stereocenters. The van der Waals surface area contributed by atoms with Crippen molar-refractivity contribution in [3.8, 4) is 0 Å². The summed E-state index contributed by atoms with van der Waals surface area (Å²) in [7, 11) is 0. The number of aliphatic imine (C=N–C) groups is 1. The standard InChI is InChI=1S/C13H16FN2O/c1-12(2)11(15-13(3,4)16(12)17)9-5-7-10(14)8-6-9/h5-8H,1-4H3. The van der Waals surface area contributed by atoms with E-state index in [-0.39, 0.29) is 5.82 Å². The maximum atomic E-state index is 12.9. The lowest BCUT2D eigenvalue weighted by molar-refractivity contribution is -0.240. The van der Waals surface area contributed by atoms with Crippen molar-refractivity contribution in [2.75, 3.05) is 0 Å². The highest BCUT2D eigenvalue weighted by Gasteiger charge is 2.48. The van der Waals surface area contributed by atoms with Gasteiger partial charge in [-0.3, -0.25) is 4.99 Å². The summed E-state index contributed by atoms with van der Waals surface area (Å²) in [5, 5.41) is 13.1. The first kappa shape index (κ1) is 12.2. The molecule has 0 aromatic heterocycles. The topological polar surface area (TPSA) is 35.5 Å². The molecule has 0 saturated heterocycles. The first-order valence-corrected chi connectivity index (χ1v) is 5.59. The second kappa shape index (κ2) is 3.62.